The second kappa shape index (κ2) is 6.21. The molecule has 2 unspecified atom stereocenters. The summed E-state index contributed by atoms with van der Waals surface area (Å²) < 4.78 is 5.39. The van der Waals surface area contributed by atoms with Crippen molar-refractivity contribution in [2.75, 3.05) is 20.2 Å². The number of likely N-dealkylation sites (tertiary alicyclic amines) is 1. The summed E-state index contributed by atoms with van der Waals surface area (Å²) in [6.07, 6.45) is 12.9. The van der Waals surface area contributed by atoms with Gasteiger partial charge in [0.2, 0.25) is 0 Å². The van der Waals surface area contributed by atoms with E-state index in [9.17, 15) is 0 Å². The summed E-state index contributed by atoms with van der Waals surface area (Å²) in [6.45, 7) is 7.30. The number of nitrogens with zero attached hydrogens (tertiary/aromatic N) is 1. The van der Waals surface area contributed by atoms with Gasteiger partial charge >= 0.3 is 0 Å². The van der Waals surface area contributed by atoms with Crippen molar-refractivity contribution in [1.82, 2.24) is 4.90 Å². The van der Waals surface area contributed by atoms with E-state index in [0.717, 1.165) is 0 Å². The Kier molecular flexibility index (Phi) is 4.85. The van der Waals surface area contributed by atoms with E-state index in [4.69, 9.17) is 4.74 Å². The molecule has 0 aromatic rings. The third-order valence-corrected chi connectivity index (χ3v) is 5.43. The van der Waals surface area contributed by atoms with Gasteiger partial charge in [-0.05, 0) is 44.2 Å². The maximum atomic E-state index is 5.39. The zero-order chi connectivity index (χ0) is 13.0. The SMILES string of the molecule is CCC1(CC)CCN(C2C=CC(OC)CC2)CC1. The molecule has 2 rings (SSSR count). The molecule has 0 bridgehead atoms. The van der Waals surface area contributed by atoms with Crippen molar-refractivity contribution in [3.8, 4) is 0 Å². The van der Waals surface area contributed by atoms with Crippen LogP contribution < -0.4 is 0 Å². The van der Waals surface area contributed by atoms with Gasteiger partial charge in [0.25, 0.3) is 0 Å². The topological polar surface area (TPSA) is 12.5 Å². The van der Waals surface area contributed by atoms with E-state index in [1.807, 2.05) is 7.11 Å². The van der Waals surface area contributed by atoms with Gasteiger partial charge < -0.3 is 4.74 Å². The van der Waals surface area contributed by atoms with Crippen LogP contribution in [0.5, 0.6) is 0 Å². The van der Waals surface area contributed by atoms with Crippen LogP contribution >= 0.6 is 0 Å². The highest BCUT2D eigenvalue weighted by molar-refractivity contribution is 5.04. The summed E-state index contributed by atoms with van der Waals surface area (Å²) in [4.78, 5) is 2.69. The largest absolute Gasteiger partial charge is 0.377 e. The van der Waals surface area contributed by atoms with Crippen LogP contribution in [0.1, 0.15) is 52.4 Å². The summed E-state index contributed by atoms with van der Waals surface area (Å²) in [7, 11) is 1.81. The Hall–Kier alpha value is -0.340. The molecule has 1 aliphatic carbocycles. The average molecular weight is 251 g/mol. The highest BCUT2D eigenvalue weighted by Gasteiger charge is 2.33. The van der Waals surface area contributed by atoms with Crippen molar-refractivity contribution >= 4 is 0 Å². The highest BCUT2D eigenvalue weighted by Crippen LogP contribution is 2.39. The summed E-state index contributed by atoms with van der Waals surface area (Å²) >= 11 is 0. The first kappa shape index (κ1) is 14.1. The fourth-order valence-electron chi connectivity index (χ4n) is 3.57. The van der Waals surface area contributed by atoms with Crippen LogP contribution in [0.4, 0.5) is 0 Å². The molecule has 0 aromatic carbocycles. The van der Waals surface area contributed by atoms with Crippen LogP contribution in [-0.2, 0) is 4.74 Å². The minimum absolute atomic E-state index is 0.358. The van der Waals surface area contributed by atoms with E-state index < -0.39 is 0 Å². The lowest BCUT2D eigenvalue weighted by Gasteiger charge is -2.44. The molecule has 0 aromatic heterocycles. The van der Waals surface area contributed by atoms with Crippen LogP contribution in [0.3, 0.4) is 0 Å². The van der Waals surface area contributed by atoms with Gasteiger partial charge in [0.1, 0.15) is 0 Å². The van der Waals surface area contributed by atoms with E-state index in [2.05, 4.69) is 30.9 Å². The predicted molar refractivity (Wildman–Crippen MR) is 76.8 cm³/mol. The lowest BCUT2D eigenvalue weighted by atomic mass is 9.74. The van der Waals surface area contributed by atoms with Crippen LogP contribution in [0.2, 0.25) is 0 Å². The molecule has 2 aliphatic rings. The quantitative estimate of drug-likeness (QED) is 0.708. The van der Waals surface area contributed by atoms with Gasteiger partial charge in [0.15, 0.2) is 0 Å². The summed E-state index contributed by atoms with van der Waals surface area (Å²) in [5.74, 6) is 0. The smallest absolute Gasteiger partial charge is 0.0753 e. The second-order valence-corrected chi connectivity index (χ2v) is 6.05. The normalized spacial score (nSPS) is 32.6. The molecule has 104 valence electrons. The Balaban J connectivity index is 1.87. The van der Waals surface area contributed by atoms with Crippen molar-refractivity contribution in [3.05, 3.63) is 12.2 Å². The first-order valence-corrected chi connectivity index (χ1v) is 7.68. The standard InChI is InChI=1S/C16H29NO/c1-4-16(5-2)10-12-17(13-11-16)14-6-8-15(18-3)9-7-14/h6,8,14-15H,4-5,7,9-13H2,1-3H3. The molecule has 0 radical (unpaired) electrons. The van der Waals surface area contributed by atoms with Crippen LogP contribution in [0.15, 0.2) is 12.2 Å². The Labute approximate surface area is 112 Å². The first-order chi connectivity index (χ1) is 8.73. The van der Waals surface area contributed by atoms with Crippen molar-refractivity contribution in [2.24, 2.45) is 5.41 Å². The first-order valence-electron chi connectivity index (χ1n) is 7.68. The molecule has 0 N–H and O–H groups in total. The number of piperidine rings is 1. The Morgan fingerprint density at radius 1 is 1.11 bits per heavy atom. The third kappa shape index (κ3) is 2.97. The molecule has 2 heteroatoms. The van der Waals surface area contributed by atoms with E-state index in [1.165, 1.54) is 51.6 Å². The number of hydrogen-bond acceptors (Lipinski definition) is 2. The van der Waals surface area contributed by atoms with Gasteiger partial charge in [0.05, 0.1) is 6.10 Å². The number of rotatable bonds is 4. The monoisotopic (exact) mass is 251 g/mol. The van der Waals surface area contributed by atoms with Crippen LogP contribution in [0, 0.1) is 5.41 Å². The molecule has 1 heterocycles. The van der Waals surface area contributed by atoms with Crippen molar-refractivity contribution in [3.63, 3.8) is 0 Å². The average Bonchev–Trinajstić information content (AvgIpc) is 2.47. The Morgan fingerprint density at radius 3 is 2.22 bits per heavy atom. The summed E-state index contributed by atoms with van der Waals surface area (Å²) in [5.41, 5.74) is 0.643. The van der Waals surface area contributed by atoms with Gasteiger partial charge in [-0.2, -0.15) is 0 Å². The van der Waals surface area contributed by atoms with Gasteiger partial charge in [-0.3, -0.25) is 4.90 Å². The zero-order valence-corrected chi connectivity index (χ0v) is 12.3. The molecule has 1 saturated heterocycles. The molecule has 1 aliphatic heterocycles. The maximum Gasteiger partial charge on any atom is 0.0753 e. The maximum absolute atomic E-state index is 5.39. The molecule has 2 nitrogen and oxygen atoms in total. The Morgan fingerprint density at radius 2 is 1.78 bits per heavy atom. The zero-order valence-electron chi connectivity index (χ0n) is 12.3. The summed E-state index contributed by atoms with van der Waals surface area (Å²) in [6, 6.07) is 0.670. The van der Waals surface area contributed by atoms with E-state index in [0.29, 0.717) is 17.6 Å². The van der Waals surface area contributed by atoms with E-state index in [-0.39, 0.29) is 0 Å². The van der Waals surface area contributed by atoms with Gasteiger partial charge in [-0.25, -0.2) is 0 Å². The molecule has 0 amide bonds. The molecule has 1 fully saturated rings. The van der Waals surface area contributed by atoms with Gasteiger partial charge in [-0.1, -0.05) is 38.8 Å². The Bertz CT molecular complexity index is 273. The van der Waals surface area contributed by atoms with Crippen molar-refractivity contribution in [1.29, 1.82) is 0 Å². The fraction of sp³-hybridized carbons (Fsp3) is 0.875. The van der Waals surface area contributed by atoms with Crippen LogP contribution in [-0.4, -0.2) is 37.2 Å². The summed E-state index contributed by atoms with van der Waals surface area (Å²) in [5, 5.41) is 0. The molecule has 0 spiro atoms. The van der Waals surface area contributed by atoms with Crippen LogP contribution in [0.25, 0.3) is 0 Å². The minimum atomic E-state index is 0.358. The predicted octanol–water partition coefficient (Wildman–Crippen LogP) is 3.62. The number of ether oxygens (including phenoxy) is 1. The highest BCUT2D eigenvalue weighted by atomic mass is 16.5. The second-order valence-electron chi connectivity index (χ2n) is 6.05. The van der Waals surface area contributed by atoms with Crippen molar-refractivity contribution in [2.45, 2.75) is 64.5 Å². The fourth-order valence-corrected chi connectivity index (χ4v) is 3.57. The minimum Gasteiger partial charge on any atom is -0.377 e. The molecule has 18 heavy (non-hydrogen) atoms. The molecule has 2 atom stereocenters. The third-order valence-electron chi connectivity index (χ3n) is 5.43. The molecular formula is C16H29NO. The van der Waals surface area contributed by atoms with E-state index >= 15 is 0 Å². The number of methoxy groups -OCH3 is 1. The van der Waals surface area contributed by atoms with Gasteiger partial charge in [0, 0.05) is 13.2 Å². The van der Waals surface area contributed by atoms with E-state index in [1.54, 1.807) is 0 Å². The molecule has 0 saturated carbocycles. The number of hydrogen-bond donors (Lipinski definition) is 0. The lowest BCUT2D eigenvalue weighted by Crippen LogP contribution is -2.45. The van der Waals surface area contributed by atoms with Gasteiger partial charge in [-0.15, -0.1) is 0 Å². The molecular weight excluding hydrogens is 222 g/mol. The lowest BCUT2D eigenvalue weighted by molar-refractivity contribution is 0.0621. The van der Waals surface area contributed by atoms with Crippen molar-refractivity contribution < 1.29 is 4.74 Å².